The normalized spacial score (nSPS) is 31.8. The average molecular weight is 370 g/mol. The van der Waals surface area contributed by atoms with Crippen LogP contribution in [-0.2, 0) is 19.9 Å². The lowest BCUT2D eigenvalue weighted by Gasteiger charge is -2.27. The molecule has 27 heavy (non-hydrogen) atoms. The van der Waals surface area contributed by atoms with E-state index in [1.807, 2.05) is 37.4 Å². The Labute approximate surface area is 159 Å². The smallest absolute Gasteiger partial charge is 0.291 e. The lowest BCUT2D eigenvalue weighted by Crippen LogP contribution is -2.99. The standard InChI is InChI=1S/C21H27N3O3/c1-5-6-10-24-18(25)14-15(19(24)26)21(23-16(14)11(2)3)13-9-7-8-12(4)17(13)22-20(21)27/h7-9,11,14-16,23H,5-6,10H2,1-4H3,(H,22,27)/p+1/t14-,15-,16-,21-/m0/s1. The number of amides is 3. The zero-order valence-corrected chi connectivity index (χ0v) is 16.4. The molecule has 2 fully saturated rings. The van der Waals surface area contributed by atoms with E-state index in [0.717, 1.165) is 29.7 Å². The molecule has 2 saturated heterocycles. The van der Waals surface area contributed by atoms with E-state index in [0.29, 0.717) is 6.54 Å². The number of imide groups is 1. The number of para-hydroxylation sites is 1. The number of hydrogen-bond acceptors (Lipinski definition) is 3. The highest BCUT2D eigenvalue weighted by Crippen LogP contribution is 2.50. The SMILES string of the molecule is CCCCN1C(=O)[C@H]2[C@@H](C1=O)[C@]1([NH2+][C@H]2C(C)C)C(=O)Nc2c(C)cccc21. The van der Waals surface area contributed by atoms with Crippen LogP contribution in [0.1, 0.15) is 44.7 Å². The van der Waals surface area contributed by atoms with Crippen molar-refractivity contribution in [1.82, 2.24) is 4.90 Å². The van der Waals surface area contributed by atoms with Gasteiger partial charge in [-0.1, -0.05) is 45.4 Å². The van der Waals surface area contributed by atoms with Gasteiger partial charge in [0.25, 0.3) is 5.91 Å². The van der Waals surface area contributed by atoms with Gasteiger partial charge in [-0.05, 0) is 18.9 Å². The number of nitrogens with two attached hydrogens (primary N) is 1. The molecule has 3 aliphatic heterocycles. The van der Waals surface area contributed by atoms with Crippen LogP contribution in [0.25, 0.3) is 0 Å². The Bertz CT molecular complexity index is 834. The molecule has 6 nitrogen and oxygen atoms in total. The molecule has 0 aliphatic carbocycles. The van der Waals surface area contributed by atoms with Crippen LogP contribution in [-0.4, -0.2) is 35.2 Å². The molecule has 144 valence electrons. The number of benzene rings is 1. The number of nitrogens with one attached hydrogen (secondary N) is 1. The third-order valence-corrected chi connectivity index (χ3v) is 6.64. The van der Waals surface area contributed by atoms with Gasteiger partial charge in [0.15, 0.2) is 0 Å². The van der Waals surface area contributed by atoms with E-state index >= 15 is 0 Å². The summed E-state index contributed by atoms with van der Waals surface area (Å²) in [4.78, 5) is 41.3. The molecule has 6 heteroatoms. The number of carbonyl (C=O) groups excluding carboxylic acids is 3. The van der Waals surface area contributed by atoms with Crippen molar-refractivity contribution in [1.29, 1.82) is 0 Å². The average Bonchev–Trinajstić information content (AvgIpc) is 3.21. The van der Waals surface area contributed by atoms with Gasteiger partial charge in [0.2, 0.25) is 17.4 Å². The summed E-state index contributed by atoms with van der Waals surface area (Å²) in [5.74, 6) is -1.32. The molecule has 3 aliphatic rings. The van der Waals surface area contributed by atoms with E-state index in [9.17, 15) is 14.4 Å². The first kappa shape index (κ1) is 18.2. The predicted molar refractivity (Wildman–Crippen MR) is 101 cm³/mol. The van der Waals surface area contributed by atoms with Gasteiger partial charge in [-0.2, -0.15) is 0 Å². The summed E-state index contributed by atoms with van der Waals surface area (Å²) < 4.78 is 0. The highest BCUT2D eigenvalue weighted by molar-refractivity contribution is 6.14. The van der Waals surface area contributed by atoms with Crippen molar-refractivity contribution in [2.75, 3.05) is 11.9 Å². The molecule has 1 spiro atoms. The second-order valence-corrected chi connectivity index (χ2v) is 8.49. The molecule has 4 rings (SSSR count). The molecule has 0 radical (unpaired) electrons. The van der Waals surface area contributed by atoms with E-state index in [1.165, 1.54) is 4.90 Å². The van der Waals surface area contributed by atoms with Crippen LogP contribution in [0.2, 0.25) is 0 Å². The zero-order chi connectivity index (χ0) is 19.5. The summed E-state index contributed by atoms with van der Waals surface area (Å²) in [6, 6.07) is 5.73. The Morgan fingerprint density at radius 2 is 1.96 bits per heavy atom. The Morgan fingerprint density at radius 1 is 1.22 bits per heavy atom. The fourth-order valence-electron chi connectivity index (χ4n) is 5.26. The molecule has 3 amide bonds. The number of nitrogens with zero attached hydrogens (tertiary/aromatic N) is 1. The van der Waals surface area contributed by atoms with Crippen molar-refractivity contribution >= 4 is 23.4 Å². The quantitative estimate of drug-likeness (QED) is 0.780. The first-order valence-electron chi connectivity index (χ1n) is 9.97. The molecule has 0 saturated carbocycles. The van der Waals surface area contributed by atoms with Gasteiger partial charge in [0.05, 0.1) is 5.69 Å². The highest BCUT2D eigenvalue weighted by Gasteiger charge is 2.74. The van der Waals surface area contributed by atoms with Gasteiger partial charge in [0.1, 0.15) is 17.9 Å². The second kappa shape index (κ2) is 6.16. The van der Waals surface area contributed by atoms with Crippen LogP contribution < -0.4 is 10.6 Å². The first-order valence-corrected chi connectivity index (χ1v) is 9.97. The van der Waals surface area contributed by atoms with E-state index in [-0.39, 0.29) is 29.7 Å². The maximum absolute atomic E-state index is 13.4. The summed E-state index contributed by atoms with van der Waals surface area (Å²) >= 11 is 0. The Balaban J connectivity index is 1.87. The first-order chi connectivity index (χ1) is 12.8. The van der Waals surface area contributed by atoms with E-state index < -0.39 is 17.4 Å². The molecule has 3 N–H and O–H groups in total. The van der Waals surface area contributed by atoms with Crippen molar-refractivity contribution in [2.45, 2.75) is 52.1 Å². The van der Waals surface area contributed by atoms with Gasteiger partial charge in [-0.25, -0.2) is 0 Å². The Morgan fingerprint density at radius 3 is 2.63 bits per heavy atom. The third kappa shape index (κ3) is 2.25. The van der Waals surface area contributed by atoms with Crippen LogP contribution in [0.3, 0.4) is 0 Å². The van der Waals surface area contributed by atoms with Crippen LogP contribution in [0, 0.1) is 24.7 Å². The lowest BCUT2D eigenvalue weighted by atomic mass is 9.75. The largest absolute Gasteiger partial charge is 0.326 e. The van der Waals surface area contributed by atoms with Gasteiger partial charge in [-0.3, -0.25) is 19.3 Å². The number of rotatable bonds is 4. The topological polar surface area (TPSA) is 83.1 Å². The number of quaternary nitrogens is 1. The molecule has 4 atom stereocenters. The summed E-state index contributed by atoms with van der Waals surface area (Å²) in [7, 11) is 0. The molecule has 0 bridgehead atoms. The number of hydrogen-bond donors (Lipinski definition) is 2. The summed E-state index contributed by atoms with van der Waals surface area (Å²) in [5, 5.41) is 5.03. The Kier molecular flexibility index (Phi) is 4.14. The second-order valence-electron chi connectivity index (χ2n) is 8.49. The fourth-order valence-corrected chi connectivity index (χ4v) is 5.26. The predicted octanol–water partition coefficient (Wildman–Crippen LogP) is 1.15. The number of anilines is 1. The molecule has 0 aromatic heterocycles. The number of carbonyl (C=O) groups is 3. The van der Waals surface area contributed by atoms with Crippen LogP contribution in [0.5, 0.6) is 0 Å². The number of fused-ring (bicyclic) bond motifs is 4. The monoisotopic (exact) mass is 370 g/mol. The number of unbranched alkanes of at least 4 members (excludes halogenated alkanes) is 1. The minimum atomic E-state index is -1.03. The minimum absolute atomic E-state index is 0.0877. The van der Waals surface area contributed by atoms with Crippen molar-refractivity contribution in [2.24, 2.45) is 17.8 Å². The fraction of sp³-hybridized carbons (Fsp3) is 0.571. The van der Waals surface area contributed by atoms with Gasteiger partial charge < -0.3 is 10.6 Å². The number of aryl methyl sites for hydroxylation is 1. The van der Waals surface area contributed by atoms with Crippen LogP contribution in [0.15, 0.2) is 18.2 Å². The zero-order valence-electron chi connectivity index (χ0n) is 16.4. The minimum Gasteiger partial charge on any atom is -0.326 e. The van der Waals surface area contributed by atoms with E-state index in [1.54, 1.807) is 0 Å². The molecule has 0 unspecified atom stereocenters. The van der Waals surface area contributed by atoms with Crippen molar-refractivity contribution in [3.63, 3.8) is 0 Å². The van der Waals surface area contributed by atoms with E-state index in [4.69, 9.17) is 0 Å². The van der Waals surface area contributed by atoms with Crippen molar-refractivity contribution in [3.8, 4) is 0 Å². The van der Waals surface area contributed by atoms with E-state index in [2.05, 4.69) is 19.2 Å². The molecular formula is C21H28N3O3+. The summed E-state index contributed by atoms with van der Waals surface area (Å²) in [6.45, 7) is 8.58. The number of likely N-dealkylation sites (tertiary alicyclic amines) is 1. The maximum atomic E-state index is 13.4. The van der Waals surface area contributed by atoms with Gasteiger partial charge in [-0.15, -0.1) is 0 Å². The highest BCUT2D eigenvalue weighted by atomic mass is 16.2. The van der Waals surface area contributed by atoms with Crippen molar-refractivity contribution < 1.29 is 19.7 Å². The van der Waals surface area contributed by atoms with Gasteiger partial charge >= 0.3 is 0 Å². The third-order valence-electron chi connectivity index (χ3n) is 6.64. The van der Waals surface area contributed by atoms with Gasteiger partial charge in [0, 0.05) is 18.0 Å². The van der Waals surface area contributed by atoms with Crippen LogP contribution in [0.4, 0.5) is 5.69 Å². The maximum Gasteiger partial charge on any atom is 0.291 e. The Hall–Kier alpha value is -2.21. The molecule has 1 aromatic rings. The summed E-state index contributed by atoms with van der Waals surface area (Å²) in [5.41, 5.74) is 1.60. The molecular weight excluding hydrogens is 342 g/mol. The molecule has 1 aromatic carbocycles. The van der Waals surface area contributed by atoms with Crippen molar-refractivity contribution in [3.05, 3.63) is 29.3 Å². The molecule has 3 heterocycles. The van der Waals surface area contributed by atoms with Crippen LogP contribution >= 0.6 is 0 Å². The lowest BCUT2D eigenvalue weighted by molar-refractivity contribution is -0.738. The summed E-state index contributed by atoms with van der Waals surface area (Å²) in [6.07, 6.45) is 1.71.